The number of nitro groups is 1. The van der Waals surface area contributed by atoms with E-state index in [1.165, 1.54) is 12.1 Å². The van der Waals surface area contributed by atoms with E-state index in [4.69, 9.17) is 17.3 Å². The van der Waals surface area contributed by atoms with E-state index in [9.17, 15) is 18.5 Å². The van der Waals surface area contributed by atoms with Crippen LogP contribution in [0.3, 0.4) is 0 Å². The van der Waals surface area contributed by atoms with Crippen LogP contribution in [0.4, 0.5) is 5.69 Å². The predicted molar refractivity (Wildman–Crippen MR) is 78.8 cm³/mol. The molecule has 1 rings (SSSR count). The number of hydrogen-bond acceptors (Lipinski definition) is 5. The van der Waals surface area contributed by atoms with Crippen molar-refractivity contribution in [2.45, 2.75) is 24.3 Å². The van der Waals surface area contributed by atoms with Crippen molar-refractivity contribution in [2.24, 2.45) is 5.73 Å². The zero-order chi connectivity index (χ0) is 14.8. The molecule has 0 aliphatic heterocycles. The molecule has 0 heterocycles. The lowest BCUT2D eigenvalue weighted by Crippen LogP contribution is -2.48. The van der Waals surface area contributed by atoms with E-state index in [1.807, 2.05) is 0 Å². The molecule has 0 unspecified atom stereocenters. The van der Waals surface area contributed by atoms with Crippen molar-refractivity contribution < 1.29 is 13.3 Å². The monoisotopic (exact) mass is 343 g/mol. The molecule has 114 valence electrons. The van der Waals surface area contributed by atoms with Gasteiger partial charge < -0.3 is 5.73 Å². The maximum atomic E-state index is 12.2. The fraction of sp³-hybridized carbons (Fsp3) is 0.400. The average molecular weight is 344 g/mol. The van der Waals surface area contributed by atoms with E-state index in [1.54, 1.807) is 13.8 Å². The van der Waals surface area contributed by atoms with Crippen molar-refractivity contribution in [3.05, 3.63) is 33.3 Å². The molecule has 0 spiro atoms. The molecule has 7 nitrogen and oxygen atoms in total. The number of halogens is 2. The molecule has 1 aromatic rings. The summed E-state index contributed by atoms with van der Waals surface area (Å²) < 4.78 is 26.7. The molecule has 0 aromatic heterocycles. The first-order valence-corrected chi connectivity index (χ1v) is 7.14. The van der Waals surface area contributed by atoms with Crippen LogP contribution >= 0.6 is 24.0 Å². The summed E-state index contributed by atoms with van der Waals surface area (Å²) in [6.45, 7) is 3.16. The Kier molecular flexibility index (Phi) is 6.37. The highest BCUT2D eigenvalue weighted by Gasteiger charge is 2.32. The summed E-state index contributed by atoms with van der Waals surface area (Å²) in [6.07, 6.45) is 0. The first kappa shape index (κ1) is 19.1. The van der Waals surface area contributed by atoms with Gasteiger partial charge in [-0.2, -0.15) is 0 Å². The third kappa shape index (κ3) is 4.29. The third-order valence-electron chi connectivity index (χ3n) is 2.33. The molecule has 0 aliphatic rings. The van der Waals surface area contributed by atoms with E-state index in [0.29, 0.717) is 0 Å². The summed E-state index contributed by atoms with van der Waals surface area (Å²) in [5.41, 5.74) is 3.92. The Morgan fingerprint density at radius 1 is 1.45 bits per heavy atom. The molecule has 0 saturated heterocycles. The number of nitrogens with one attached hydrogen (secondary N) is 1. The minimum atomic E-state index is -4.14. The number of nitro benzene ring substituents is 1. The molecule has 0 amide bonds. The van der Waals surface area contributed by atoms with Crippen LogP contribution in [0.5, 0.6) is 0 Å². The molecule has 0 bridgehead atoms. The highest BCUT2D eigenvalue weighted by molar-refractivity contribution is 7.89. The van der Waals surface area contributed by atoms with Crippen molar-refractivity contribution in [1.82, 2.24) is 4.72 Å². The Bertz CT molecular complexity index is 605. The summed E-state index contributed by atoms with van der Waals surface area (Å²) in [6, 6.07) is 3.67. The predicted octanol–water partition coefficient (Wildman–Crippen LogP) is 1.69. The molecule has 1 aromatic carbocycles. The maximum Gasteiger partial charge on any atom is 0.290 e. The minimum absolute atomic E-state index is 0. The second-order valence-electron chi connectivity index (χ2n) is 4.54. The van der Waals surface area contributed by atoms with Crippen molar-refractivity contribution >= 4 is 39.7 Å². The van der Waals surface area contributed by atoms with Crippen LogP contribution < -0.4 is 10.5 Å². The van der Waals surface area contributed by atoms with Crippen molar-refractivity contribution in [3.8, 4) is 0 Å². The summed E-state index contributed by atoms with van der Waals surface area (Å²) >= 11 is 5.78. The number of sulfonamides is 1. The highest BCUT2D eigenvalue weighted by atomic mass is 35.5. The smallest absolute Gasteiger partial charge is 0.290 e. The summed E-state index contributed by atoms with van der Waals surface area (Å²) in [4.78, 5) is 9.54. The van der Waals surface area contributed by atoms with Gasteiger partial charge in [0, 0.05) is 18.2 Å². The zero-order valence-electron chi connectivity index (χ0n) is 10.8. The van der Waals surface area contributed by atoms with E-state index >= 15 is 0 Å². The molecular weight excluding hydrogens is 329 g/mol. The van der Waals surface area contributed by atoms with Gasteiger partial charge in [0.1, 0.15) is 0 Å². The summed E-state index contributed by atoms with van der Waals surface area (Å²) in [5, 5.41) is 10.7. The van der Waals surface area contributed by atoms with E-state index in [2.05, 4.69) is 4.72 Å². The van der Waals surface area contributed by atoms with E-state index in [0.717, 1.165) is 6.07 Å². The largest absolute Gasteiger partial charge is 0.329 e. The fourth-order valence-electron chi connectivity index (χ4n) is 1.36. The van der Waals surface area contributed by atoms with Crippen molar-refractivity contribution in [1.29, 1.82) is 0 Å². The Hall–Kier alpha value is -0.930. The standard InChI is InChI=1S/C10H14ClN3O4S.ClH/c1-10(2,6-12)13-19(17,18)9-7(11)4-3-5-8(9)14(15)16;/h3-5,13H,6,12H2,1-2H3;1H. The zero-order valence-corrected chi connectivity index (χ0v) is 13.2. The molecular formula is C10H15Cl2N3O4S. The molecule has 0 fully saturated rings. The first-order valence-electron chi connectivity index (χ1n) is 5.28. The van der Waals surface area contributed by atoms with Gasteiger partial charge in [0.15, 0.2) is 4.90 Å². The fourth-order valence-corrected chi connectivity index (χ4v) is 3.49. The number of nitrogens with zero attached hydrogens (tertiary/aromatic N) is 1. The molecule has 0 saturated carbocycles. The molecule has 20 heavy (non-hydrogen) atoms. The number of nitrogens with two attached hydrogens (primary N) is 1. The van der Waals surface area contributed by atoms with Crippen LogP contribution in [-0.2, 0) is 10.0 Å². The quantitative estimate of drug-likeness (QED) is 0.623. The van der Waals surface area contributed by atoms with Crippen LogP contribution in [0.15, 0.2) is 23.1 Å². The van der Waals surface area contributed by atoms with E-state index < -0.39 is 31.1 Å². The van der Waals surface area contributed by atoms with Gasteiger partial charge in [-0.3, -0.25) is 10.1 Å². The molecule has 3 N–H and O–H groups in total. The van der Waals surface area contributed by atoms with Gasteiger partial charge in [-0.15, -0.1) is 12.4 Å². The first-order chi connectivity index (χ1) is 8.60. The lowest BCUT2D eigenvalue weighted by molar-refractivity contribution is -0.387. The van der Waals surface area contributed by atoms with Crippen LogP contribution in [0, 0.1) is 10.1 Å². The van der Waals surface area contributed by atoms with Crippen LogP contribution in [-0.4, -0.2) is 25.4 Å². The van der Waals surface area contributed by atoms with Gasteiger partial charge in [-0.25, -0.2) is 13.1 Å². The number of benzene rings is 1. The Morgan fingerprint density at radius 3 is 2.45 bits per heavy atom. The molecule has 0 aliphatic carbocycles. The van der Waals surface area contributed by atoms with Gasteiger partial charge in [-0.1, -0.05) is 17.7 Å². The molecule has 0 radical (unpaired) electrons. The third-order valence-corrected chi connectivity index (χ3v) is 4.55. The second-order valence-corrected chi connectivity index (χ2v) is 6.57. The normalized spacial score (nSPS) is 11.8. The van der Waals surface area contributed by atoms with Crippen LogP contribution in [0.2, 0.25) is 5.02 Å². The molecule has 0 atom stereocenters. The van der Waals surface area contributed by atoms with Crippen molar-refractivity contribution in [3.63, 3.8) is 0 Å². The molecule has 10 heteroatoms. The summed E-state index contributed by atoms with van der Waals surface area (Å²) in [5.74, 6) is 0. The average Bonchev–Trinajstić information content (AvgIpc) is 2.26. The SMILES string of the molecule is CC(C)(CN)NS(=O)(=O)c1c(Cl)cccc1[N+](=O)[O-].Cl. The Morgan fingerprint density at radius 2 is 2.00 bits per heavy atom. The highest BCUT2D eigenvalue weighted by Crippen LogP contribution is 2.31. The Labute approximate surface area is 128 Å². The van der Waals surface area contributed by atoms with Crippen LogP contribution in [0.1, 0.15) is 13.8 Å². The number of rotatable bonds is 5. The second kappa shape index (κ2) is 6.68. The van der Waals surface area contributed by atoms with E-state index in [-0.39, 0.29) is 24.0 Å². The van der Waals surface area contributed by atoms with Crippen molar-refractivity contribution in [2.75, 3.05) is 6.54 Å². The van der Waals surface area contributed by atoms with Gasteiger partial charge >= 0.3 is 0 Å². The van der Waals surface area contributed by atoms with Gasteiger partial charge in [0.2, 0.25) is 10.0 Å². The van der Waals surface area contributed by atoms with Gasteiger partial charge in [0.25, 0.3) is 5.69 Å². The van der Waals surface area contributed by atoms with Crippen LogP contribution in [0.25, 0.3) is 0 Å². The Balaban J connectivity index is 0.00000361. The van der Waals surface area contributed by atoms with Gasteiger partial charge in [-0.05, 0) is 19.9 Å². The maximum absolute atomic E-state index is 12.2. The lowest BCUT2D eigenvalue weighted by Gasteiger charge is -2.23. The lowest BCUT2D eigenvalue weighted by atomic mass is 10.1. The number of hydrogen-bond donors (Lipinski definition) is 2. The van der Waals surface area contributed by atoms with Gasteiger partial charge in [0.05, 0.1) is 9.95 Å². The minimum Gasteiger partial charge on any atom is -0.329 e. The topological polar surface area (TPSA) is 115 Å². The summed E-state index contributed by atoms with van der Waals surface area (Å²) in [7, 11) is -4.14.